The van der Waals surface area contributed by atoms with Crippen LogP contribution in [0.25, 0.3) is 99.9 Å². The molecule has 0 amide bonds. The number of rotatable bonds is 6. The lowest BCUT2D eigenvalue weighted by Crippen LogP contribution is -2.00. The van der Waals surface area contributed by atoms with Crippen molar-refractivity contribution >= 4 is 32.3 Å². The highest BCUT2D eigenvalue weighted by Gasteiger charge is 2.17. The topological polar surface area (TPSA) is 75.3 Å². The lowest BCUT2D eigenvalue weighted by atomic mass is 9.87. The number of nitrogens with zero attached hydrogens (tertiary/aromatic N) is 5. The predicted octanol–water partition coefficient (Wildman–Crippen LogP) is 12.6. The summed E-state index contributed by atoms with van der Waals surface area (Å²) in [5.41, 5.74) is 9.82. The van der Waals surface area contributed by atoms with Crippen LogP contribution in [0.1, 0.15) is 5.56 Å². The van der Waals surface area contributed by atoms with Crippen LogP contribution in [-0.4, -0.2) is 19.9 Å². The zero-order chi connectivity index (χ0) is 37.4. The first-order chi connectivity index (χ1) is 27.7. The molecule has 0 fully saturated rings. The van der Waals surface area contributed by atoms with Gasteiger partial charge >= 0.3 is 0 Å². The first-order valence-corrected chi connectivity index (χ1v) is 18.5. The standard InChI is InChI=1S/C51H31N5/c52-30-33-22-24-34(25-23-33)39-27-40(32-53-31-39)46-29-48-43-20-9-7-18-41(43)45(28-47(48)44-21-10-8-19-42(44)46)37-16-11-17-38(26-37)51-55-49(35-12-3-1-4-13-35)54-50(56-51)36-14-5-2-6-15-36/h1-29,31-32H. The highest BCUT2D eigenvalue weighted by atomic mass is 15.0. The summed E-state index contributed by atoms with van der Waals surface area (Å²) >= 11 is 0. The summed E-state index contributed by atoms with van der Waals surface area (Å²) in [5, 5.41) is 16.3. The van der Waals surface area contributed by atoms with E-state index in [0.29, 0.717) is 23.0 Å². The maximum atomic E-state index is 9.32. The molecule has 0 aliphatic carbocycles. The van der Waals surface area contributed by atoms with Gasteiger partial charge in [-0.25, -0.2) is 15.0 Å². The average molecular weight is 714 g/mol. The van der Waals surface area contributed by atoms with Crippen molar-refractivity contribution < 1.29 is 0 Å². The summed E-state index contributed by atoms with van der Waals surface area (Å²) in [4.78, 5) is 19.6. The molecule has 0 N–H and O–H groups in total. The molecular formula is C51H31N5. The van der Waals surface area contributed by atoms with E-state index >= 15 is 0 Å². The van der Waals surface area contributed by atoms with Crippen LogP contribution in [0, 0.1) is 11.3 Å². The van der Waals surface area contributed by atoms with Gasteiger partial charge in [0.25, 0.3) is 0 Å². The van der Waals surface area contributed by atoms with Gasteiger partial charge < -0.3 is 0 Å². The van der Waals surface area contributed by atoms with Gasteiger partial charge in [-0.05, 0) is 91.0 Å². The molecule has 0 bridgehead atoms. The molecule has 10 rings (SSSR count). The van der Waals surface area contributed by atoms with Gasteiger partial charge in [0.1, 0.15) is 0 Å². The Labute approximate surface area is 323 Å². The fourth-order valence-electron chi connectivity index (χ4n) is 7.67. The third kappa shape index (κ3) is 5.92. The molecule has 0 saturated carbocycles. The molecule has 0 radical (unpaired) electrons. The molecule has 0 aliphatic heterocycles. The molecule has 0 aliphatic rings. The Balaban J connectivity index is 1.14. The van der Waals surface area contributed by atoms with Crippen molar-refractivity contribution in [2.24, 2.45) is 0 Å². The third-order valence-corrected chi connectivity index (χ3v) is 10.4. The molecule has 2 heterocycles. The second-order valence-corrected chi connectivity index (χ2v) is 13.8. The zero-order valence-corrected chi connectivity index (χ0v) is 30.1. The van der Waals surface area contributed by atoms with Crippen LogP contribution in [0.5, 0.6) is 0 Å². The van der Waals surface area contributed by atoms with Gasteiger partial charge in [-0.15, -0.1) is 0 Å². The Bertz CT molecular complexity index is 3070. The van der Waals surface area contributed by atoms with Gasteiger partial charge in [-0.2, -0.15) is 5.26 Å². The van der Waals surface area contributed by atoms with Crippen LogP contribution in [0.4, 0.5) is 0 Å². The van der Waals surface area contributed by atoms with Crippen LogP contribution < -0.4 is 0 Å². The van der Waals surface area contributed by atoms with E-state index in [-0.39, 0.29) is 0 Å². The number of benzene rings is 8. The van der Waals surface area contributed by atoms with Gasteiger partial charge in [0.2, 0.25) is 0 Å². The van der Waals surface area contributed by atoms with Crippen molar-refractivity contribution in [3.05, 3.63) is 194 Å². The minimum Gasteiger partial charge on any atom is -0.263 e. The zero-order valence-electron chi connectivity index (χ0n) is 30.1. The Morgan fingerprint density at radius 3 is 1.34 bits per heavy atom. The minimum absolute atomic E-state index is 0.622. The fraction of sp³-hybridized carbons (Fsp3) is 0. The van der Waals surface area contributed by atoms with E-state index in [1.54, 1.807) is 0 Å². The molecule has 0 unspecified atom stereocenters. The van der Waals surface area contributed by atoms with Crippen molar-refractivity contribution in [3.63, 3.8) is 0 Å². The van der Waals surface area contributed by atoms with Crippen LogP contribution in [0.2, 0.25) is 0 Å². The number of pyridine rings is 1. The van der Waals surface area contributed by atoms with E-state index in [0.717, 1.165) is 60.8 Å². The third-order valence-electron chi connectivity index (χ3n) is 10.4. The molecule has 0 atom stereocenters. The molecule has 56 heavy (non-hydrogen) atoms. The smallest absolute Gasteiger partial charge is 0.164 e. The number of hydrogen-bond acceptors (Lipinski definition) is 5. The second-order valence-electron chi connectivity index (χ2n) is 13.8. The Hall–Kier alpha value is -7.81. The lowest BCUT2D eigenvalue weighted by Gasteiger charge is -2.16. The number of hydrogen-bond donors (Lipinski definition) is 0. The molecular weight excluding hydrogens is 683 g/mol. The molecule has 10 aromatic rings. The molecule has 5 heteroatoms. The van der Waals surface area contributed by atoms with Gasteiger partial charge in [0.05, 0.1) is 11.6 Å². The van der Waals surface area contributed by atoms with E-state index in [1.165, 1.54) is 21.5 Å². The summed E-state index contributed by atoms with van der Waals surface area (Å²) < 4.78 is 0. The Morgan fingerprint density at radius 2 is 0.768 bits per heavy atom. The van der Waals surface area contributed by atoms with E-state index in [9.17, 15) is 5.26 Å². The predicted molar refractivity (Wildman–Crippen MR) is 227 cm³/mol. The van der Waals surface area contributed by atoms with E-state index in [2.05, 4.69) is 102 Å². The van der Waals surface area contributed by atoms with Crippen LogP contribution in [0.15, 0.2) is 188 Å². The molecule has 5 nitrogen and oxygen atoms in total. The second kappa shape index (κ2) is 13.9. The fourth-order valence-corrected chi connectivity index (χ4v) is 7.67. The minimum atomic E-state index is 0.622. The molecule has 2 aromatic heterocycles. The SMILES string of the molecule is N#Cc1ccc(-c2cncc(-c3cc4c5ccccc5c(-c5cccc(-c6nc(-c7ccccc7)nc(-c7ccccc7)n6)c5)cc4c4ccccc34)c2)cc1. The molecule has 260 valence electrons. The summed E-state index contributed by atoms with van der Waals surface area (Å²) in [6.07, 6.45) is 3.82. The highest BCUT2D eigenvalue weighted by molar-refractivity contribution is 6.23. The first-order valence-electron chi connectivity index (χ1n) is 18.5. The Morgan fingerprint density at radius 1 is 0.321 bits per heavy atom. The molecule has 8 aromatic carbocycles. The van der Waals surface area contributed by atoms with E-state index in [1.807, 2.05) is 97.3 Å². The summed E-state index contributed by atoms with van der Waals surface area (Å²) in [6, 6.07) is 62.7. The largest absolute Gasteiger partial charge is 0.263 e. The number of aromatic nitrogens is 4. The molecule has 0 saturated heterocycles. The van der Waals surface area contributed by atoms with Gasteiger partial charge in [0.15, 0.2) is 17.5 Å². The molecule has 0 spiro atoms. The van der Waals surface area contributed by atoms with Crippen molar-refractivity contribution in [2.45, 2.75) is 0 Å². The quantitative estimate of drug-likeness (QED) is 0.160. The van der Waals surface area contributed by atoms with Crippen molar-refractivity contribution in [1.29, 1.82) is 5.26 Å². The van der Waals surface area contributed by atoms with Crippen molar-refractivity contribution in [1.82, 2.24) is 19.9 Å². The van der Waals surface area contributed by atoms with Crippen LogP contribution in [-0.2, 0) is 0 Å². The number of nitriles is 1. The maximum Gasteiger partial charge on any atom is 0.164 e. The Kier molecular flexibility index (Phi) is 8.13. The lowest BCUT2D eigenvalue weighted by molar-refractivity contribution is 1.07. The van der Waals surface area contributed by atoms with Crippen molar-refractivity contribution in [3.8, 4) is 73.6 Å². The summed E-state index contributed by atoms with van der Waals surface area (Å²) in [6.45, 7) is 0. The monoisotopic (exact) mass is 713 g/mol. The van der Waals surface area contributed by atoms with Crippen molar-refractivity contribution in [2.75, 3.05) is 0 Å². The van der Waals surface area contributed by atoms with E-state index in [4.69, 9.17) is 15.0 Å². The van der Waals surface area contributed by atoms with Gasteiger partial charge in [-0.3, -0.25) is 4.98 Å². The highest BCUT2D eigenvalue weighted by Crippen LogP contribution is 2.42. The van der Waals surface area contributed by atoms with Gasteiger partial charge in [-0.1, -0.05) is 140 Å². The van der Waals surface area contributed by atoms with Gasteiger partial charge in [0, 0.05) is 40.2 Å². The number of fused-ring (bicyclic) bond motifs is 5. The van der Waals surface area contributed by atoms with Crippen LogP contribution >= 0.6 is 0 Å². The normalized spacial score (nSPS) is 11.2. The van der Waals surface area contributed by atoms with Crippen LogP contribution in [0.3, 0.4) is 0 Å². The maximum absolute atomic E-state index is 9.32. The van der Waals surface area contributed by atoms with E-state index < -0.39 is 0 Å². The average Bonchev–Trinajstić information content (AvgIpc) is 3.29. The summed E-state index contributed by atoms with van der Waals surface area (Å²) in [5.74, 6) is 1.89. The first kappa shape index (κ1) is 32.8. The summed E-state index contributed by atoms with van der Waals surface area (Å²) in [7, 11) is 0.